The molecule has 1 rings (SSSR count). The second-order valence-corrected chi connectivity index (χ2v) is 2.95. The van der Waals surface area contributed by atoms with Gasteiger partial charge < -0.3 is 0 Å². The van der Waals surface area contributed by atoms with Crippen LogP contribution in [0.25, 0.3) is 0 Å². The van der Waals surface area contributed by atoms with Gasteiger partial charge in [0.15, 0.2) is 0 Å². The maximum absolute atomic E-state index is 8.98. The number of hydroxylamine groups is 2. The lowest BCUT2D eigenvalue weighted by Crippen LogP contribution is -2.16. The van der Waals surface area contributed by atoms with E-state index in [-0.39, 0.29) is 0 Å². The molecular formula is C9H15NO. The van der Waals surface area contributed by atoms with Crippen LogP contribution < -0.4 is 0 Å². The summed E-state index contributed by atoms with van der Waals surface area (Å²) in [6.07, 6.45) is 6.90. The molecular weight excluding hydrogens is 138 g/mol. The first-order valence-electron chi connectivity index (χ1n) is 4.07. The molecule has 0 aromatic rings. The minimum atomic E-state index is 0.611. The van der Waals surface area contributed by atoms with Crippen molar-refractivity contribution in [2.75, 3.05) is 6.54 Å². The fourth-order valence-corrected chi connectivity index (χ4v) is 1.10. The first-order chi connectivity index (χ1) is 5.24. The highest BCUT2D eigenvalue weighted by Gasteiger charge is 2.06. The maximum atomic E-state index is 8.98. The standard InChI is InChI=1S/C9H15NO/c1-3-8(2)9-4-6-10(11)7-5-9/h4-6,8,11H,3,7H2,1-2H3. The highest BCUT2D eigenvalue weighted by atomic mass is 16.5. The number of allylic oxidation sites excluding steroid dienone is 2. The molecule has 0 amide bonds. The Labute approximate surface area is 67.8 Å². The van der Waals surface area contributed by atoms with Gasteiger partial charge in [0, 0.05) is 6.20 Å². The molecule has 1 unspecified atom stereocenters. The van der Waals surface area contributed by atoms with E-state index in [1.54, 1.807) is 6.20 Å². The van der Waals surface area contributed by atoms with E-state index < -0.39 is 0 Å². The van der Waals surface area contributed by atoms with Gasteiger partial charge >= 0.3 is 0 Å². The smallest absolute Gasteiger partial charge is 0.0633 e. The molecule has 0 saturated carbocycles. The summed E-state index contributed by atoms with van der Waals surface area (Å²) >= 11 is 0. The molecule has 0 bridgehead atoms. The molecule has 0 aromatic heterocycles. The van der Waals surface area contributed by atoms with Crippen molar-refractivity contribution >= 4 is 0 Å². The average molecular weight is 153 g/mol. The molecule has 1 atom stereocenters. The predicted octanol–water partition coefficient (Wildman–Crippen LogP) is 2.18. The summed E-state index contributed by atoms with van der Waals surface area (Å²) in [6.45, 7) is 4.99. The lowest BCUT2D eigenvalue weighted by molar-refractivity contribution is -0.0308. The van der Waals surface area contributed by atoms with E-state index in [9.17, 15) is 0 Å². The molecule has 0 spiro atoms. The van der Waals surface area contributed by atoms with Crippen molar-refractivity contribution in [3.05, 3.63) is 23.9 Å². The van der Waals surface area contributed by atoms with Crippen LogP contribution in [-0.4, -0.2) is 16.8 Å². The van der Waals surface area contributed by atoms with Crippen molar-refractivity contribution in [1.29, 1.82) is 0 Å². The predicted molar refractivity (Wildman–Crippen MR) is 45.2 cm³/mol. The van der Waals surface area contributed by atoms with Crippen LogP contribution in [0.5, 0.6) is 0 Å². The van der Waals surface area contributed by atoms with Crippen molar-refractivity contribution in [2.45, 2.75) is 20.3 Å². The zero-order chi connectivity index (χ0) is 8.27. The SMILES string of the molecule is CCC(C)C1=CCN(O)C=C1. The van der Waals surface area contributed by atoms with Crippen LogP contribution in [-0.2, 0) is 0 Å². The first-order valence-corrected chi connectivity index (χ1v) is 4.07. The van der Waals surface area contributed by atoms with Crippen molar-refractivity contribution in [3.63, 3.8) is 0 Å². The largest absolute Gasteiger partial charge is 0.289 e. The summed E-state index contributed by atoms with van der Waals surface area (Å²) in [6, 6.07) is 0. The summed E-state index contributed by atoms with van der Waals surface area (Å²) in [5.41, 5.74) is 1.33. The van der Waals surface area contributed by atoms with Crippen LogP contribution in [0.15, 0.2) is 23.9 Å². The van der Waals surface area contributed by atoms with Crippen LogP contribution in [0.4, 0.5) is 0 Å². The van der Waals surface area contributed by atoms with E-state index >= 15 is 0 Å². The van der Waals surface area contributed by atoms with E-state index in [4.69, 9.17) is 5.21 Å². The Bertz CT molecular complexity index is 184. The van der Waals surface area contributed by atoms with E-state index in [0.717, 1.165) is 6.42 Å². The topological polar surface area (TPSA) is 23.5 Å². The van der Waals surface area contributed by atoms with Gasteiger partial charge in [-0.2, -0.15) is 0 Å². The fourth-order valence-electron chi connectivity index (χ4n) is 1.10. The zero-order valence-corrected chi connectivity index (χ0v) is 7.12. The van der Waals surface area contributed by atoms with Gasteiger partial charge in [0.25, 0.3) is 0 Å². The Balaban J connectivity index is 2.55. The lowest BCUT2D eigenvalue weighted by Gasteiger charge is -2.18. The third-order valence-electron chi connectivity index (χ3n) is 2.13. The number of hydrogen-bond donors (Lipinski definition) is 1. The third-order valence-corrected chi connectivity index (χ3v) is 2.13. The molecule has 1 aliphatic heterocycles. The molecule has 2 heteroatoms. The van der Waals surface area contributed by atoms with Gasteiger partial charge in [0.2, 0.25) is 0 Å². The minimum absolute atomic E-state index is 0.611. The van der Waals surface area contributed by atoms with Gasteiger partial charge in [-0.15, -0.1) is 0 Å². The Morgan fingerprint density at radius 2 is 2.45 bits per heavy atom. The van der Waals surface area contributed by atoms with E-state index in [2.05, 4.69) is 19.9 Å². The van der Waals surface area contributed by atoms with Crippen molar-refractivity contribution < 1.29 is 5.21 Å². The maximum Gasteiger partial charge on any atom is 0.0633 e. The molecule has 2 nitrogen and oxygen atoms in total. The highest BCUT2D eigenvalue weighted by molar-refractivity contribution is 5.23. The van der Waals surface area contributed by atoms with Gasteiger partial charge in [-0.1, -0.05) is 19.9 Å². The summed E-state index contributed by atoms with van der Waals surface area (Å²) in [7, 11) is 0. The van der Waals surface area contributed by atoms with Crippen molar-refractivity contribution in [1.82, 2.24) is 5.06 Å². The van der Waals surface area contributed by atoms with Crippen LogP contribution >= 0.6 is 0 Å². The number of rotatable bonds is 2. The summed E-state index contributed by atoms with van der Waals surface area (Å²) in [5.74, 6) is 0.611. The van der Waals surface area contributed by atoms with Gasteiger partial charge in [-0.25, -0.2) is 0 Å². The first kappa shape index (κ1) is 8.34. The van der Waals surface area contributed by atoms with Crippen LogP contribution in [0.3, 0.4) is 0 Å². The lowest BCUT2D eigenvalue weighted by atomic mass is 9.97. The van der Waals surface area contributed by atoms with Gasteiger partial charge in [-0.3, -0.25) is 10.3 Å². The summed E-state index contributed by atoms with van der Waals surface area (Å²) in [5, 5.41) is 10.2. The monoisotopic (exact) mass is 153 g/mol. The van der Waals surface area contributed by atoms with E-state index in [1.807, 2.05) is 6.08 Å². The van der Waals surface area contributed by atoms with E-state index in [0.29, 0.717) is 12.5 Å². The van der Waals surface area contributed by atoms with Crippen LogP contribution in [0.2, 0.25) is 0 Å². The molecule has 0 radical (unpaired) electrons. The molecule has 0 saturated heterocycles. The van der Waals surface area contributed by atoms with Crippen LogP contribution in [0, 0.1) is 5.92 Å². The quantitative estimate of drug-likeness (QED) is 0.657. The Morgan fingerprint density at radius 3 is 2.91 bits per heavy atom. The summed E-state index contributed by atoms with van der Waals surface area (Å²) in [4.78, 5) is 0. The van der Waals surface area contributed by atoms with Gasteiger partial charge in [0.1, 0.15) is 0 Å². The van der Waals surface area contributed by atoms with Crippen molar-refractivity contribution in [2.24, 2.45) is 5.92 Å². The molecule has 0 aliphatic carbocycles. The molecule has 62 valence electrons. The highest BCUT2D eigenvalue weighted by Crippen LogP contribution is 2.17. The molecule has 11 heavy (non-hydrogen) atoms. The third kappa shape index (κ3) is 2.09. The minimum Gasteiger partial charge on any atom is -0.289 e. The Morgan fingerprint density at radius 1 is 1.73 bits per heavy atom. The molecule has 0 aromatic carbocycles. The fraction of sp³-hybridized carbons (Fsp3) is 0.556. The molecule has 0 fully saturated rings. The van der Waals surface area contributed by atoms with Crippen LogP contribution in [0.1, 0.15) is 20.3 Å². The molecule has 1 N–H and O–H groups in total. The van der Waals surface area contributed by atoms with E-state index in [1.165, 1.54) is 10.6 Å². The second kappa shape index (κ2) is 3.58. The second-order valence-electron chi connectivity index (χ2n) is 2.95. The average Bonchev–Trinajstić information content (AvgIpc) is 2.05. The normalized spacial score (nSPS) is 19.9. The zero-order valence-electron chi connectivity index (χ0n) is 7.12. The molecule has 1 heterocycles. The van der Waals surface area contributed by atoms with Gasteiger partial charge in [0.05, 0.1) is 6.54 Å². The van der Waals surface area contributed by atoms with Gasteiger partial charge in [-0.05, 0) is 24.0 Å². The Kier molecular flexibility index (Phi) is 2.71. The number of hydrogen-bond acceptors (Lipinski definition) is 2. The van der Waals surface area contributed by atoms with Crippen molar-refractivity contribution in [3.8, 4) is 0 Å². The summed E-state index contributed by atoms with van der Waals surface area (Å²) < 4.78 is 0. The Hall–Kier alpha value is -0.760. The molecule has 1 aliphatic rings. The number of nitrogens with zero attached hydrogens (tertiary/aromatic N) is 1.